The molecule has 0 aliphatic heterocycles. The highest BCUT2D eigenvalue weighted by Gasteiger charge is 2.03. The molecule has 0 fully saturated rings. The van der Waals surface area contributed by atoms with Crippen molar-refractivity contribution in [1.82, 2.24) is 5.32 Å². The van der Waals surface area contributed by atoms with Crippen LogP contribution in [0.5, 0.6) is 5.75 Å². The minimum Gasteiger partial charge on any atom is -0.494 e. The molecule has 0 aromatic heterocycles. The predicted octanol–water partition coefficient (Wildman–Crippen LogP) is 2.11. The van der Waals surface area contributed by atoms with Gasteiger partial charge in [-0.2, -0.15) is 0 Å². The van der Waals surface area contributed by atoms with Gasteiger partial charge in [-0.1, -0.05) is 25.5 Å². The second kappa shape index (κ2) is 9.16. The van der Waals surface area contributed by atoms with E-state index in [2.05, 4.69) is 12.2 Å². The molecule has 0 aliphatic rings. The highest BCUT2D eigenvalue weighted by molar-refractivity contribution is 5.94. The largest absolute Gasteiger partial charge is 0.494 e. The molecule has 0 heterocycles. The van der Waals surface area contributed by atoms with E-state index in [-0.39, 0.29) is 5.91 Å². The van der Waals surface area contributed by atoms with Gasteiger partial charge in [0.05, 0.1) is 6.61 Å². The number of nitrogens with one attached hydrogen (secondary N) is 1. The first-order valence-electron chi connectivity index (χ1n) is 6.64. The minimum atomic E-state index is -0.0956. The summed E-state index contributed by atoms with van der Waals surface area (Å²) in [4.78, 5) is 11.8. The zero-order valence-corrected chi connectivity index (χ0v) is 11.4. The Bertz CT molecular complexity index is 399. The van der Waals surface area contributed by atoms with E-state index in [1.165, 1.54) is 0 Å². The van der Waals surface area contributed by atoms with Gasteiger partial charge in [0.25, 0.3) is 5.91 Å². The van der Waals surface area contributed by atoms with Crippen LogP contribution in [0.25, 0.3) is 0 Å². The van der Waals surface area contributed by atoms with Crippen LogP contribution in [0.4, 0.5) is 0 Å². The zero-order valence-electron chi connectivity index (χ0n) is 11.4. The van der Waals surface area contributed by atoms with Crippen LogP contribution in [-0.2, 0) is 0 Å². The normalized spacial score (nSPS) is 10.6. The van der Waals surface area contributed by atoms with Gasteiger partial charge in [-0.05, 0) is 30.7 Å². The first-order valence-corrected chi connectivity index (χ1v) is 6.64. The van der Waals surface area contributed by atoms with E-state index in [1.54, 1.807) is 12.1 Å². The number of benzene rings is 1. The lowest BCUT2D eigenvalue weighted by Crippen LogP contribution is -2.23. The number of nitrogens with two attached hydrogens (primary N) is 1. The Morgan fingerprint density at radius 2 is 2.05 bits per heavy atom. The molecule has 0 atom stereocenters. The molecule has 3 N–H and O–H groups in total. The third kappa shape index (κ3) is 6.06. The fraction of sp³-hybridized carbons (Fsp3) is 0.400. The van der Waals surface area contributed by atoms with E-state index in [0.717, 1.165) is 18.6 Å². The van der Waals surface area contributed by atoms with Gasteiger partial charge in [-0.25, -0.2) is 0 Å². The van der Waals surface area contributed by atoms with Crippen LogP contribution in [0.1, 0.15) is 30.1 Å². The summed E-state index contributed by atoms with van der Waals surface area (Å²) in [6.45, 7) is 3.81. The van der Waals surface area contributed by atoms with Crippen molar-refractivity contribution < 1.29 is 9.53 Å². The second-order valence-corrected chi connectivity index (χ2v) is 4.14. The Hall–Kier alpha value is -1.81. The summed E-state index contributed by atoms with van der Waals surface area (Å²) in [7, 11) is 0. The molecule has 4 heteroatoms. The third-order valence-electron chi connectivity index (χ3n) is 2.57. The number of carbonyl (C=O) groups excluding carboxylic acids is 1. The fourth-order valence-corrected chi connectivity index (χ4v) is 1.47. The number of unbranched alkanes of at least 4 members (excludes halogenated alkanes) is 1. The SMILES string of the molecule is CCCCOc1ccc(C(=O)NC/C=C/CN)cc1. The zero-order chi connectivity index (χ0) is 13.9. The Labute approximate surface area is 114 Å². The van der Waals surface area contributed by atoms with Crippen molar-refractivity contribution in [3.63, 3.8) is 0 Å². The van der Waals surface area contributed by atoms with Gasteiger partial charge in [-0.3, -0.25) is 4.79 Å². The molecule has 1 amide bonds. The molecule has 0 aliphatic carbocycles. The van der Waals surface area contributed by atoms with Crippen molar-refractivity contribution in [2.75, 3.05) is 19.7 Å². The topological polar surface area (TPSA) is 64.3 Å². The third-order valence-corrected chi connectivity index (χ3v) is 2.57. The summed E-state index contributed by atoms with van der Waals surface area (Å²) in [5, 5.41) is 2.78. The van der Waals surface area contributed by atoms with E-state index in [4.69, 9.17) is 10.5 Å². The lowest BCUT2D eigenvalue weighted by Gasteiger charge is -2.06. The maximum absolute atomic E-state index is 11.8. The molecule has 4 nitrogen and oxygen atoms in total. The van der Waals surface area contributed by atoms with Crippen molar-refractivity contribution in [2.24, 2.45) is 5.73 Å². The van der Waals surface area contributed by atoms with E-state index < -0.39 is 0 Å². The summed E-state index contributed by atoms with van der Waals surface area (Å²) < 4.78 is 5.54. The van der Waals surface area contributed by atoms with Gasteiger partial charge < -0.3 is 15.8 Å². The van der Waals surface area contributed by atoms with Crippen LogP contribution in [-0.4, -0.2) is 25.6 Å². The molecule has 0 spiro atoms. The molecule has 0 radical (unpaired) electrons. The maximum atomic E-state index is 11.8. The molecular weight excluding hydrogens is 240 g/mol. The number of rotatable bonds is 8. The average molecular weight is 262 g/mol. The first kappa shape index (κ1) is 15.2. The summed E-state index contributed by atoms with van der Waals surface area (Å²) >= 11 is 0. The van der Waals surface area contributed by atoms with Crippen molar-refractivity contribution in [3.8, 4) is 5.75 Å². The number of ether oxygens (including phenoxy) is 1. The molecule has 0 saturated heterocycles. The number of amides is 1. The number of carbonyl (C=O) groups is 1. The molecule has 19 heavy (non-hydrogen) atoms. The second-order valence-electron chi connectivity index (χ2n) is 4.14. The number of hydrogen-bond donors (Lipinski definition) is 2. The maximum Gasteiger partial charge on any atom is 0.251 e. The van der Waals surface area contributed by atoms with Crippen molar-refractivity contribution in [2.45, 2.75) is 19.8 Å². The van der Waals surface area contributed by atoms with E-state index in [9.17, 15) is 4.79 Å². The summed E-state index contributed by atoms with van der Waals surface area (Å²) in [5.74, 6) is 0.704. The Morgan fingerprint density at radius 1 is 1.32 bits per heavy atom. The number of hydrogen-bond acceptors (Lipinski definition) is 3. The van der Waals surface area contributed by atoms with E-state index in [1.807, 2.05) is 24.3 Å². The minimum absolute atomic E-state index is 0.0956. The van der Waals surface area contributed by atoms with Gasteiger partial charge in [-0.15, -0.1) is 0 Å². The Balaban J connectivity index is 2.41. The molecule has 0 bridgehead atoms. The smallest absolute Gasteiger partial charge is 0.251 e. The molecule has 0 unspecified atom stereocenters. The van der Waals surface area contributed by atoms with Crippen LogP contribution >= 0.6 is 0 Å². The molecule has 0 saturated carbocycles. The standard InChI is InChI=1S/C15H22N2O2/c1-2-3-12-19-14-8-6-13(7-9-14)15(18)17-11-5-4-10-16/h4-9H,2-3,10-12,16H2,1H3,(H,17,18)/b5-4+. The Morgan fingerprint density at radius 3 is 2.68 bits per heavy atom. The van der Waals surface area contributed by atoms with Crippen molar-refractivity contribution in [3.05, 3.63) is 42.0 Å². The quantitative estimate of drug-likeness (QED) is 0.557. The Kier molecular flexibility index (Phi) is 7.35. The summed E-state index contributed by atoms with van der Waals surface area (Å²) in [6.07, 6.45) is 5.79. The summed E-state index contributed by atoms with van der Waals surface area (Å²) in [5.41, 5.74) is 5.94. The lowest BCUT2D eigenvalue weighted by atomic mass is 10.2. The van der Waals surface area contributed by atoms with Gasteiger partial charge >= 0.3 is 0 Å². The van der Waals surface area contributed by atoms with Crippen LogP contribution in [0.3, 0.4) is 0 Å². The molecule has 1 rings (SSSR count). The van der Waals surface area contributed by atoms with Crippen LogP contribution in [0.15, 0.2) is 36.4 Å². The summed E-state index contributed by atoms with van der Waals surface area (Å²) in [6, 6.07) is 7.17. The lowest BCUT2D eigenvalue weighted by molar-refractivity contribution is 0.0958. The highest BCUT2D eigenvalue weighted by Crippen LogP contribution is 2.12. The molecular formula is C15H22N2O2. The highest BCUT2D eigenvalue weighted by atomic mass is 16.5. The van der Waals surface area contributed by atoms with Gasteiger partial charge in [0, 0.05) is 18.7 Å². The van der Waals surface area contributed by atoms with Crippen LogP contribution in [0.2, 0.25) is 0 Å². The van der Waals surface area contributed by atoms with Crippen LogP contribution in [0, 0.1) is 0 Å². The monoisotopic (exact) mass is 262 g/mol. The van der Waals surface area contributed by atoms with Crippen LogP contribution < -0.4 is 15.8 Å². The fourth-order valence-electron chi connectivity index (χ4n) is 1.47. The van der Waals surface area contributed by atoms with Gasteiger partial charge in [0.2, 0.25) is 0 Å². The average Bonchev–Trinajstić information content (AvgIpc) is 2.44. The van der Waals surface area contributed by atoms with Gasteiger partial charge in [0.15, 0.2) is 0 Å². The van der Waals surface area contributed by atoms with E-state index in [0.29, 0.717) is 25.3 Å². The van der Waals surface area contributed by atoms with Gasteiger partial charge in [0.1, 0.15) is 5.75 Å². The molecule has 1 aromatic rings. The predicted molar refractivity (Wildman–Crippen MR) is 77.4 cm³/mol. The first-order chi connectivity index (χ1) is 9.27. The van der Waals surface area contributed by atoms with Crippen molar-refractivity contribution in [1.29, 1.82) is 0 Å². The molecule has 1 aromatic carbocycles. The van der Waals surface area contributed by atoms with E-state index >= 15 is 0 Å². The van der Waals surface area contributed by atoms with Crippen molar-refractivity contribution >= 4 is 5.91 Å². The molecule has 104 valence electrons.